The molecule has 0 N–H and O–H groups in total. The molecule has 4 rings (SSSR count). The maximum atomic E-state index is 5.36. The highest BCUT2D eigenvalue weighted by molar-refractivity contribution is 5.63. The number of benzene rings is 2. The quantitative estimate of drug-likeness (QED) is 0.719. The molecule has 0 atom stereocenters. The molecule has 5 heteroatoms. The van der Waals surface area contributed by atoms with Crippen LogP contribution < -0.4 is 9.47 Å². The van der Waals surface area contributed by atoms with Gasteiger partial charge >= 0.3 is 0 Å². The molecule has 1 aliphatic rings. The number of ether oxygens (including phenoxy) is 2. The van der Waals surface area contributed by atoms with E-state index in [1.54, 1.807) is 0 Å². The third kappa shape index (κ3) is 2.12. The zero-order valence-corrected chi connectivity index (χ0v) is 11.4. The smallest absolute Gasteiger partial charge is 0.258 e. The van der Waals surface area contributed by atoms with Gasteiger partial charge in [0.05, 0.1) is 0 Å². The third-order valence-corrected chi connectivity index (χ3v) is 3.36. The van der Waals surface area contributed by atoms with Crippen LogP contribution >= 0.6 is 0 Å². The molecule has 3 aromatic rings. The molecule has 2 aromatic carbocycles. The first-order valence-corrected chi connectivity index (χ1v) is 6.60. The summed E-state index contributed by atoms with van der Waals surface area (Å²) in [6.07, 6.45) is 0. The minimum absolute atomic E-state index is 0.250. The Kier molecular flexibility index (Phi) is 2.64. The molecule has 1 aliphatic heterocycles. The van der Waals surface area contributed by atoms with Gasteiger partial charge in [0.25, 0.3) is 5.89 Å². The number of aryl methyl sites for hydroxylation is 1. The highest BCUT2D eigenvalue weighted by Gasteiger charge is 2.16. The minimum atomic E-state index is 0.250. The van der Waals surface area contributed by atoms with E-state index in [1.807, 2.05) is 49.4 Å². The van der Waals surface area contributed by atoms with Crippen molar-refractivity contribution < 1.29 is 14.0 Å². The minimum Gasteiger partial charge on any atom is -0.454 e. The van der Waals surface area contributed by atoms with Crippen molar-refractivity contribution in [1.82, 2.24) is 10.1 Å². The fourth-order valence-electron chi connectivity index (χ4n) is 2.19. The lowest BCUT2D eigenvalue weighted by Gasteiger charge is -1.97. The summed E-state index contributed by atoms with van der Waals surface area (Å²) in [5, 5.41) is 4.03. The molecular formula is C16H12N2O3. The van der Waals surface area contributed by atoms with Gasteiger partial charge < -0.3 is 14.0 Å². The first-order chi connectivity index (χ1) is 10.3. The molecule has 0 aliphatic carbocycles. The Bertz CT molecular complexity index is 794. The van der Waals surface area contributed by atoms with Gasteiger partial charge in [0, 0.05) is 11.1 Å². The Balaban J connectivity index is 1.69. The second-order valence-corrected chi connectivity index (χ2v) is 4.86. The number of hydrogen-bond acceptors (Lipinski definition) is 5. The fraction of sp³-hybridized carbons (Fsp3) is 0.125. The first kappa shape index (κ1) is 12.0. The number of aromatic nitrogens is 2. The molecule has 0 radical (unpaired) electrons. The van der Waals surface area contributed by atoms with E-state index >= 15 is 0 Å². The summed E-state index contributed by atoms with van der Waals surface area (Å²) in [4.78, 5) is 4.43. The van der Waals surface area contributed by atoms with E-state index in [1.165, 1.54) is 5.56 Å². The highest BCUT2D eigenvalue weighted by Crippen LogP contribution is 2.35. The first-order valence-electron chi connectivity index (χ1n) is 6.60. The molecule has 5 nitrogen and oxygen atoms in total. The molecule has 0 bridgehead atoms. The van der Waals surface area contributed by atoms with Gasteiger partial charge in [-0.2, -0.15) is 4.98 Å². The van der Waals surface area contributed by atoms with Crippen molar-refractivity contribution in [3.8, 4) is 34.3 Å². The number of rotatable bonds is 2. The average Bonchev–Trinajstić information content (AvgIpc) is 3.16. The van der Waals surface area contributed by atoms with Crippen molar-refractivity contribution in [2.24, 2.45) is 0 Å². The summed E-state index contributed by atoms with van der Waals surface area (Å²) in [7, 11) is 0. The normalized spacial score (nSPS) is 12.6. The summed E-state index contributed by atoms with van der Waals surface area (Å²) < 4.78 is 16.0. The lowest BCUT2D eigenvalue weighted by molar-refractivity contribution is 0.174. The number of fused-ring (bicyclic) bond motifs is 1. The lowest BCUT2D eigenvalue weighted by Crippen LogP contribution is -1.92. The molecule has 0 saturated heterocycles. The zero-order valence-electron chi connectivity index (χ0n) is 11.4. The number of nitrogens with zero attached hydrogens (tertiary/aromatic N) is 2. The van der Waals surface area contributed by atoms with Crippen molar-refractivity contribution in [1.29, 1.82) is 0 Å². The Labute approximate surface area is 121 Å². The predicted molar refractivity (Wildman–Crippen MR) is 76.0 cm³/mol. The van der Waals surface area contributed by atoms with E-state index in [0.29, 0.717) is 17.5 Å². The van der Waals surface area contributed by atoms with E-state index in [-0.39, 0.29) is 6.79 Å². The molecule has 104 valence electrons. The van der Waals surface area contributed by atoms with Crippen LogP contribution in [0.1, 0.15) is 5.56 Å². The van der Waals surface area contributed by atoms with Gasteiger partial charge in [0.1, 0.15) is 0 Å². The molecule has 0 spiro atoms. The molecular weight excluding hydrogens is 268 g/mol. The van der Waals surface area contributed by atoms with Gasteiger partial charge in [-0.1, -0.05) is 22.9 Å². The standard InChI is InChI=1S/C16H12N2O3/c1-10-2-4-11(5-3-10)16-17-15(18-21-16)12-6-7-13-14(8-12)20-9-19-13/h2-8H,9H2,1H3. The Morgan fingerprint density at radius 2 is 1.67 bits per heavy atom. The molecule has 0 unspecified atom stereocenters. The maximum absolute atomic E-state index is 5.36. The van der Waals surface area contributed by atoms with Crippen LogP contribution in [0, 0.1) is 6.92 Å². The van der Waals surface area contributed by atoms with Gasteiger partial charge in [-0.05, 0) is 37.3 Å². The van der Waals surface area contributed by atoms with E-state index < -0.39 is 0 Å². The van der Waals surface area contributed by atoms with Gasteiger partial charge in [0.2, 0.25) is 12.6 Å². The summed E-state index contributed by atoms with van der Waals surface area (Å²) in [6, 6.07) is 13.5. The predicted octanol–water partition coefficient (Wildman–Crippen LogP) is 3.44. The van der Waals surface area contributed by atoms with Crippen molar-refractivity contribution in [3.05, 3.63) is 48.0 Å². The van der Waals surface area contributed by atoms with E-state index in [9.17, 15) is 0 Å². The van der Waals surface area contributed by atoms with Crippen LogP contribution in [0.4, 0.5) is 0 Å². The molecule has 1 aromatic heterocycles. The Hall–Kier alpha value is -2.82. The summed E-state index contributed by atoms with van der Waals surface area (Å²) in [6.45, 7) is 2.29. The number of hydrogen-bond donors (Lipinski definition) is 0. The summed E-state index contributed by atoms with van der Waals surface area (Å²) in [5.74, 6) is 2.47. The van der Waals surface area contributed by atoms with Crippen molar-refractivity contribution >= 4 is 0 Å². The third-order valence-electron chi connectivity index (χ3n) is 3.36. The SMILES string of the molecule is Cc1ccc(-c2nc(-c3ccc4c(c3)OCO4)no2)cc1. The van der Waals surface area contributed by atoms with Crippen molar-refractivity contribution in [3.63, 3.8) is 0 Å². The molecule has 21 heavy (non-hydrogen) atoms. The van der Waals surface area contributed by atoms with Gasteiger partial charge in [-0.3, -0.25) is 0 Å². The van der Waals surface area contributed by atoms with Gasteiger partial charge in [-0.15, -0.1) is 0 Å². The van der Waals surface area contributed by atoms with Crippen molar-refractivity contribution in [2.75, 3.05) is 6.79 Å². The van der Waals surface area contributed by atoms with Crippen LogP contribution in [-0.4, -0.2) is 16.9 Å². The highest BCUT2D eigenvalue weighted by atomic mass is 16.7. The molecule has 2 heterocycles. The van der Waals surface area contributed by atoms with Crippen LogP contribution in [0.3, 0.4) is 0 Å². The van der Waals surface area contributed by atoms with Gasteiger partial charge in [-0.25, -0.2) is 0 Å². The second-order valence-electron chi connectivity index (χ2n) is 4.86. The summed E-state index contributed by atoms with van der Waals surface area (Å²) >= 11 is 0. The van der Waals surface area contributed by atoms with Crippen LogP contribution in [0.2, 0.25) is 0 Å². The van der Waals surface area contributed by atoms with E-state index in [0.717, 1.165) is 16.9 Å². The summed E-state index contributed by atoms with van der Waals surface area (Å²) in [5.41, 5.74) is 2.93. The maximum Gasteiger partial charge on any atom is 0.258 e. The fourth-order valence-corrected chi connectivity index (χ4v) is 2.19. The second kappa shape index (κ2) is 4.63. The Morgan fingerprint density at radius 1 is 0.905 bits per heavy atom. The van der Waals surface area contributed by atoms with E-state index in [4.69, 9.17) is 14.0 Å². The van der Waals surface area contributed by atoms with Crippen LogP contribution in [0.15, 0.2) is 47.0 Å². The molecule has 0 saturated carbocycles. The molecule has 0 fully saturated rings. The topological polar surface area (TPSA) is 57.4 Å². The van der Waals surface area contributed by atoms with Crippen LogP contribution in [0.25, 0.3) is 22.8 Å². The van der Waals surface area contributed by atoms with Crippen LogP contribution in [0.5, 0.6) is 11.5 Å². The van der Waals surface area contributed by atoms with Gasteiger partial charge in [0.15, 0.2) is 11.5 Å². The molecule has 0 amide bonds. The monoisotopic (exact) mass is 280 g/mol. The van der Waals surface area contributed by atoms with E-state index in [2.05, 4.69) is 10.1 Å². The lowest BCUT2D eigenvalue weighted by atomic mass is 10.1. The largest absolute Gasteiger partial charge is 0.454 e. The van der Waals surface area contributed by atoms with Crippen LogP contribution in [-0.2, 0) is 0 Å². The Morgan fingerprint density at radius 3 is 2.52 bits per heavy atom. The average molecular weight is 280 g/mol. The van der Waals surface area contributed by atoms with Crippen molar-refractivity contribution in [2.45, 2.75) is 6.92 Å². The zero-order chi connectivity index (χ0) is 14.2.